The second-order valence-electron chi connectivity index (χ2n) is 5.87. The summed E-state index contributed by atoms with van der Waals surface area (Å²) in [6.07, 6.45) is 2.09. The summed E-state index contributed by atoms with van der Waals surface area (Å²) in [6.45, 7) is 4.44. The van der Waals surface area contributed by atoms with Crippen LogP contribution in [-0.4, -0.2) is 54.4 Å². The van der Waals surface area contributed by atoms with E-state index in [0.29, 0.717) is 18.2 Å². The highest BCUT2D eigenvalue weighted by Gasteiger charge is 2.27. The molecule has 1 aromatic carbocycles. The molecule has 0 aliphatic carbocycles. The Balaban J connectivity index is 1.80. The Bertz CT molecular complexity index is 495. The smallest absolute Gasteiger partial charge is 0.237 e. The number of nitrogens with one attached hydrogen (secondary N) is 1. The van der Waals surface area contributed by atoms with E-state index in [0.717, 1.165) is 31.5 Å². The van der Waals surface area contributed by atoms with Crippen molar-refractivity contribution >= 4 is 17.5 Å². The van der Waals surface area contributed by atoms with Gasteiger partial charge in [-0.05, 0) is 44.0 Å². The molecule has 1 aromatic rings. The number of halogens is 1. The first-order chi connectivity index (χ1) is 11.1. The summed E-state index contributed by atoms with van der Waals surface area (Å²) in [5.41, 5.74) is 1.03. The highest BCUT2D eigenvalue weighted by Crippen LogP contribution is 2.16. The first-order valence-electron chi connectivity index (χ1n) is 8.09. The van der Waals surface area contributed by atoms with Crippen LogP contribution in [0.1, 0.15) is 25.3 Å². The number of amides is 1. The van der Waals surface area contributed by atoms with Crippen LogP contribution in [0.4, 0.5) is 0 Å². The van der Waals surface area contributed by atoms with Gasteiger partial charge in [0.2, 0.25) is 5.91 Å². The summed E-state index contributed by atoms with van der Waals surface area (Å²) in [5.74, 6) is 0.0164. The fraction of sp³-hybridized carbons (Fsp3) is 0.588. The van der Waals surface area contributed by atoms with E-state index >= 15 is 0 Å². The lowest BCUT2D eigenvalue weighted by Crippen LogP contribution is -2.50. The van der Waals surface area contributed by atoms with Gasteiger partial charge in [0, 0.05) is 18.1 Å². The van der Waals surface area contributed by atoms with Crippen LogP contribution in [0.2, 0.25) is 5.02 Å². The average molecular weight is 341 g/mol. The van der Waals surface area contributed by atoms with Crippen molar-refractivity contribution in [1.82, 2.24) is 10.2 Å². The first-order valence-corrected chi connectivity index (χ1v) is 8.46. The Kier molecular flexibility index (Phi) is 7.30. The molecule has 2 rings (SSSR count). The molecule has 23 heavy (non-hydrogen) atoms. The summed E-state index contributed by atoms with van der Waals surface area (Å²) in [6, 6.07) is 7.27. The summed E-state index contributed by atoms with van der Waals surface area (Å²) in [7, 11) is 0. The Labute approximate surface area is 142 Å². The van der Waals surface area contributed by atoms with Crippen molar-refractivity contribution in [2.24, 2.45) is 0 Å². The Hall–Kier alpha value is -1.14. The number of aliphatic hydroxyl groups is 1. The van der Waals surface area contributed by atoms with Crippen molar-refractivity contribution < 1.29 is 14.6 Å². The van der Waals surface area contributed by atoms with Crippen LogP contribution in [0.25, 0.3) is 0 Å². The monoisotopic (exact) mass is 340 g/mol. The maximum atomic E-state index is 12.3. The molecule has 1 amide bonds. The van der Waals surface area contributed by atoms with Gasteiger partial charge >= 0.3 is 0 Å². The van der Waals surface area contributed by atoms with Gasteiger partial charge in [-0.3, -0.25) is 9.69 Å². The molecule has 1 aliphatic rings. The number of nitrogens with zero attached hydrogens (tertiary/aromatic N) is 1. The molecular formula is C17H25ClN2O3. The summed E-state index contributed by atoms with van der Waals surface area (Å²) < 4.78 is 5.60. The number of aliphatic hydroxyl groups excluding tert-OH is 1. The molecule has 1 fully saturated rings. The van der Waals surface area contributed by atoms with Crippen LogP contribution in [0.15, 0.2) is 24.3 Å². The van der Waals surface area contributed by atoms with E-state index in [2.05, 4.69) is 10.2 Å². The molecule has 2 N–H and O–H groups in total. The second kappa shape index (κ2) is 9.23. The molecular weight excluding hydrogens is 316 g/mol. The van der Waals surface area contributed by atoms with Crippen molar-refractivity contribution in [2.45, 2.75) is 38.5 Å². The zero-order valence-electron chi connectivity index (χ0n) is 13.5. The third-order valence-corrected chi connectivity index (χ3v) is 4.41. The normalized spacial score (nSPS) is 20.2. The van der Waals surface area contributed by atoms with Gasteiger partial charge in [-0.2, -0.15) is 0 Å². The molecule has 1 aliphatic heterocycles. The van der Waals surface area contributed by atoms with Crippen molar-refractivity contribution in [3.05, 3.63) is 34.9 Å². The van der Waals surface area contributed by atoms with Crippen LogP contribution < -0.4 is 5.32 Å². The van der Waals surface area contributed by atoms with Gasteiger partial charge in [-0.1, -0.05) is 23.7 Å². The van der Waals surface area contributed by atoms with E-state index in [1.807, 2.05) is 31.2 Å². The third kappa shape index (κ3) is 5.77. The molecule has 0 unspecified atom stereocenters. The van der Waals surface area contributed by atoms with Crippen molar-refractivity contribution in [1.29, 1.82) is 0 Å². The predicted octanol–water partition coefficient (Wildman–Crippen LogP) is 1.82. The summed E-state index contributed by atoms with van der Waals surface area (Å²) in [4.78, 5) is 14.5. The Morgan fingerprint density at radius 1 is 1.48 bits per heavy atom. The molecule has 0 bridgehead atoms. The lowest BCUT2D eigenvalue weighted by atomic mass is 10.1. The number of carbonyl (C=O) groups excluding carboxylic acids is 1. The van der Waals surface area contributed by atoms with Crippen LogP contribution in [0.3, 0.4) is 0 Å². The van der Waals surface area contributed by atoms with Gasteiger partial charge in [-0.15, -0.1) is 0 Å². The van der Waals surface area contributed by atoms with E-state index < -0.39 is 0 Å². The number of benzene rings is 1. The highest BCUT2D eigenvalue weighted by molar-refractivity contribution is 6.30. The quantitative estimate of drug-likeness (QED) is 0.795. The number of ether oxygens (including phenoxy) is 1. The Morgan fingerprint density at radius 2 is 2.22 bits per heavy atom. The Morgan fingerprint density at radius 3 is 2.91 bits per heavy atom. The second-order valence-corrected chi connectivity index (χ2v) is 6.31. The van der Waals surface area contributed by atoms with E-state index in [9.17, 15) is 4.79 Å². The minimum atomic E-state index is -0.192. The first kappa shape index (κ1) is 18.2. The molecule has 0 spiro atoms. The third-order valence-electron chi connectivity index (χ3n) is 4.16. The molecule has 128 valence electrons. The van der Waals surface area contributed by atoms with Crippen LogP contribution in [0, 0.1) is 0 Å². The minimum Gasteiger partial charge on any atom is -0.394 e. The maximum absolute atomic E-state index is 12.3. The van der Waals surface area contributed by atoms with Crippen LogP contribution >= 0.6 is 11.6 Å². The number of hydrogen-bond donors (Lipinski definition) is 2. The number of likely N-dealkylation sites (tertiary alicyclic amines) is 1. The molecule has 1 heterocycles. The number of piperidine rings is 1. The van der Waals surface area contributed by atoms with Gasteiger partial charge in [0.15, 0.2) is 0 Å². The zero-order valence-corrected chi connectivity index (χ0v) is 14.3. The fourth-order valence-corrected chi connectivity index (χ4v) is 2.90. The largest absolute Gasteiger partial charge is 0.394 e. The van der Waals surface area contributed by atoms with E-state index in [4.69, 9.17) is 21.4 Å². The van der Waals surface area contributed by atoms with Crippen molar-refractivity contribution in [3.63, 3.8) is 0 Å². The number of rotatable bonds is 7. The highest BCUT2D eigenvalue weighted by atomic mass is 35.5. The van der Waals surface area contributed by atoms with Gasteiger partial charge in [0.1, 0.15) is 0 Å². The minimum absolute atomic E-state index is 0.0164. The van der Waals surface area contributed by atoms with Gasteiger partial charge in [0.25, 0.3) is 0 Å². The van der Waals surface area contributed by atoms with Crippen molar-refractivity contribution in [2.75, 3.05) is 26.3 Å². The summed E-state index contributed by atoms with van der Waals surface area (Å²) in [5, 5.41) is 12.5. The van der Waals surface area contributed by atoms with E-state index in [1.165, 1.54) is 0 Å². The van der Waals surface area contributed by atoms with Gasteiger partial charge in [0.05, 0.1) is 25.4 Å². The molecule has 6 heteroatoms. The molecule has 5 nitrogen and oxygen atoms in total. The fourth-order valence-electron chi connectivity index (χ4n) is 2.78. The van der Waals surface area contributed by atoms with Gasteiger partial charge < -0.3 is 15.2 Å². The lowest BCUT2D eigenvalue weighted by molar-refractivity contribution is -0.127. The van der Waals surface area contributed by atoms with Crippen LogP contribution in [0.5, 0.6) is 0 Å². The van der Waals surface area contributed by atoms with Crippen LogP contribution in [-0.2, 0) is 16.1 Å². The standard InChI is InChI=1S/C17H25ClN2O3/c1-13(20-8-2-3-16(12-20)23-10-9-21)17(22)19-11-14-4-6-15(18)7-5-14/h4-7,13,16,21H,2-3,8-12H2,1H3,(H,19,22)/t13-,16+/m1/s1. The SMILES string of the molecule is C[C@H](C(=O)NCc1ccc(Cl)cc1)N1CCC[C@H](OCCO)C1. The van der Waals surface area contributed by atoms with E-state index in [-0.39, 0.29) is 24.7 Å². The average Bonchev–Trinajstić information content (AvgIpc) is 2.58. The van der Waals surface area contributed by atoms with E-state index in [1.54, 1.807) is 0 Å². The van der Waals surface area contributed by atoms with Crippen molar-refractivity contribution in [3.8, 4) is 0 Å². The molecule has 2 atom stereocenters. The lowest BCUT2D eigenvalue weighted by Gasteiger charge is -2.35. The topological polar surface area (TPSA) is 61.8 Å². The predicted molar refractivity (Wildman–Crippen MR) is 90.4 cm³/mol. The summed E-state index contributed by atoms with van der Waals surface area (Å²) >= 11 is 5.85. The number of carbonyl (C=O) groups is 1. The number of hydrogen-bond acceptors (Lipinski definition) is 4. The zero-order chi connectivity index (χ0) is 16.7. The molecule has 1 saturated heterocycles. The maximum Gasteiger partial charge on any atom is 0.237 e. The molecule has 0 radical (unpaired) electrons. The molecule has 0 saturated carbocycles. The van der Waals surface area contributed by atoms with Gasteiger partial charge in [-0.25, -0.2) is 0 Å². The molecule has 0 aromatic heterocycles.